The maximum atomic E-state index is 11.5. The van der Waals surface area contributed by atoms with Gasteiger partial charge in [0.2, 0.25) is 0 Å². The summed E-state index contributed by atoms with van der Waals surface area (Å²) >= 11 is 0. The number of hydrogen-bond acceptors (Lipinski definition) is 6. The Hall–Kier alpha value is -1.08. The van der Waals surface area contributed by atoms with Gasteiger partial charge in [-0.2, -0.15) is 0 Å². The summed E-state index contributed by atoms with van der Waals surface area (Å²) in [6.45, 7) is 33.3. The second kappa shape index (κ2) is 16.5. The zero-order valence-electron chi connectivity index (χ0n) is 28.6. The molecule has 0 saturated carbocycles. The van der Waals surface area contributed by atoms with E-state index in [2.05, 4.69) is 0 Å². The van der Waals surface area contributed by atoms with E-state index in [1.807, 2.05) is 125 Å². The molecule has 0 bridgehead atoms. The molecule has 0 saturated heterocycles. The van der Waals surface area contributed by atoms with Crippen LogP contribution in [0.15, 0.2) is 35.5 Å². The molecule has 0 heterocycles. The van der Waals surface area contributed by atoms with E-state index in [1.54, 1.807) is 0 Å². The van der Waals surface area contributed by atoms with Gasteiger partial charge >= 0.3 is 0 Å². The Bertz CT molecular complexity index is 801. The second-order valence-electron chi connectivity index (χ2n) is 16.2. The van der Waals surface area contributed by atoms with Crippen LogP contribution in [-0.2, 0) is 14.4 Å². The van der Waals surface area contributed by atoms with Crippen molar-refractivity contribution in [2.45, 2.75) is 125 Å². The van der Waals surface area contributed by atoms with Crippen LogP contribution in [0.5, 0.6) is 0 Å². The van der Waals surface area contributed by atoms with Crippen LogP contribution < -0.4 is 0 Å². The number of aliphatic hydroxyl groups excluding tert-OH is 3. The fourth-order valence-corrected chi connectivity index (χ4v) is 1.67. The SMILES string of the molecule is CC(C)(C)C(=O)/C=C(\O)C(C)(C)C.CC(C)(C)C(=O)/C=C(\O)C(C)(C)C.CC(C)(C)C(=O)/C=C(\O)C(C)(C)C.[Tb]. The summed E-state index contributed by atoms with van der Waals surface area (Å²) < 4.78 is 0. The fraction of sp³-hybridized carbons (Fsp3) is 0.727. The van der Waals surface area contributed by atoms with E-state index < -0.39 is 16.2 Å². The maximum Gasteiger partial charge on any atom is 0.164 e. The standard InChI is InChI=1S/3C11H20O2.Tb/c3*1-10(2,3)8(12)7-9(13)11(4,5)6;/h3*7,12H,1-6H3;/b3*8-7-;. The molecule has 0 aromatic carbocycles. The molecule has 0 rings (SSSR count). The first-order chi connectivity index (χ1) is 16.6. The molecule has 0 aromatic rings. The molecule has 0 unspecified atom stereocenters. The Kier molecular flexibility index (Phi) is 19.0. The Labute approximate surface area is 276 Å². The molecule has 0 amide bonds. The second-order valence-corrected chi connectivity index (χ2v) is 16.2. The van der Waals surface area contributed by atoms with Crippen LogP contribution in [-0.4, -0.2) is 32.7 Å². The van der Waals surface area contributed by atoms with Crippen molar-refractivity contribution in [2.24, 2.45) is 32.5 Å². The molecule has 3 N–H and O–H groups in total. The third-order valence-electron chi connectivity index (χ3n) is 5.33. The average Bonchev–Trinajstić information content (AvgIpc) is 2.64. The summed E-state index contributed by atoms with van der Waals surface area (Å²) in [6.07, 6.45) is 4.00. The van der Waals surface area contributed by atoms with Crippen molar-refractivity contribution in [3.8, 4) is 0 Å². The zero-order valence-corrected chi connectivity index (χ0v) is 30.8. The monoisotopic (exact) mass is 711 g/mol. The first-order valence-corrected chi connectivity index (χ1v) is 13.5. The van der Waals surface area contributed by atoms with Gasteiger partial charge in [0.05, 0.1) is 0 Å². The van der Waals surface area contributed by atoms with E-state index in [0.29, 0.717) is 0 Å². The summed E-state index contributed by atoms with van der Waals surface area (Å²) in [5.74, 6) is 0.312. The van der Waals surface area contributed by atoms with Crippen LogP contribution in [0.2, 0.25) is 0 Å². The molecule has 237 valence electrons. The van der Waals surface area contributed by atoms with Crippen molar-refractivity contribution in [2.75, 3.05) is 0 Å². The van der Waals surface area contributed by atoms with E-state index in [4.69, 9.17) is 0 Å². The molecule has 7 heteroatoms. The molecule has 0 aliphatic carbocycles. The first-order valence-electron chi connectivity index (χ1n) is 13.5. The number of aliphatic hydroxyl groups is 3. The Morgan fingerprint density at radius 3 is 0.550 bits per heavy atom. The van der Waals surface area contributed by atoms with Gasteiger partial charge in [-0.05, 0) is 0 Å². The van der Waals surface area contributed by atoms with Gasteiger partial charge in [0.15, 0.2) is 17.3 Å². The molecular formula is C33H60O6Tb. The average molecular weight is 712 g/mol. The van der Waals surface area contributed by atoms with E-state index in [9.17, 15) is 29.7 Å². The topological polar surface area (TPSA) is 112 Å². The molecule has 0 fully saturated rings. The largest absolute Gasteiger partial charge is 0.512 e. The number of hydrogen-bond donors (Lipinski definition) is 3. The Morgan fingerprint density at radius 1 is 0.350 bits per heavy atom. The van der Waals surface area contributed by atoms with E-state index >= 15 is 0 Å². The smallest absolute Gasteiger partial charge is 0.164 e. The van der Waals surface area contributed by atoms with Crippen molar-refractivity contribution in [3.63, 3.8) is 0 Å². The molecular weight excluding hydrogens is 651 g/mol. The zero-order chi connectivity index (χ0) is 32.6. The van der Waals surface area contributed by atoms with Crippen LogP contribution in [0.1, 0.15) is 125 Å². The molecule has 0 aliphatic rings. The van der Waals surface area contributed by atoms with Gasteiger partial charge in [0.1, 0.15) is 17.3 Å². The minimum atomic E-state index is -0.417. The molecule has 0 aliphatic heterocycles. The van der Waals surface area contributed by atoms with Crippen molar-refractivity contribution in [1.29, 1.82) is 0 Å². The third kappa shape index (κ3) is 21.6. The van der Waals surface area contributed by atoms with Gasteiger partial charge in [0.25, 0.3) is 0 Å². The molecule has 1 radical (unpaired) electrons. The van der Waals surface area contributed by atoms with Gasteiger partial charge in [-0.15, -0.1) is 0 Å². The summed E-state index contributed by atoms with van der Waals surface area (Å²) in [7, 11) is 0. The summed E-state index contributed by atoms with van der Waals surface area (Å²) in [4.78, 5) is 34.5. The minimum absolute atomic E-state index is 0. The van der Waals surface area contributed by atoms with Crippen molar-refractivity contribution < 1.29 is 68.3 Å². The van der Waals surface area contributed by atoms with Gasteiger partial charge in [-0.1, -0.05) is 125 Å². The number of carbonyl (C=O) groups excluding carboxylic acids is 3. The van der Waals surface area contributed by atoms with Crippen LogP contribution in [0.25, 0.3) is 0 Å². The minimum Gasteiger partial charge on any atom is -0.512 e. The van der Waals surface area contributed by atoms with Gasteiger partial charge in [0, 0.05) is 89.3 Å². The predicted molar refractivity (Wildman–Crippen MR) is 164 cm³/mol. The van der Waals surface area contributed by atoms with Crippen molar-refractivity contribution >= 4 is 17.3 Å². The molecule has 6 nitrogen and oxygen atoms in total. The Balaban J connectivity index is -0.000000240. The maximum absolute atomic E-state index is 11.5. The quantitative estimate of drug-likeness (QED) is 0.199. The molecule has 40 heavy (non-hydrogen) atoms. The van der Waals surface area contributed by atoms with Crippen molar-refractivity contribution in [3.05, 3.63) is 35.5 Å². The normalized spacial score (nSPS) is 14.1. The van der Waals surface area contributed by atoms with E-state index in [1.165, 1.54) is 18.2 Å². The summed E-state index contributed by atoms with van der Waals surface area (Å²) in [5, 5.41) is 28.7. The third-order valence-corrected chi connectivity index (χ3v) is 5.33. The van der Waals surface area contributed by atoms with Crippen LogP contribution in [0, 0.1) is 71.1 Å². The summed E-state index contributed by atoms with van der Waals surface area (Å²) in [6, 6.07) is 0. The molecule has 0 aromatic heterocycles. The molecule has 0 atom stereocenters. The molecule has 0 spiro atoms. The Morgan fingerprint density at radius 2 is 0.475 bits per heavy atom. The number of ketones is 3. The van der Waals surface area contributed by atoms with E-state index in [0.717, 1.165) is 0 Å². The number of allylic oxidation sites excluding steroid dienone is 6. The van der Waals surface area contributed by atoms with Gasteiger partial charge in [-0.25, -0.2) is 0 Å². The summed E-state index contributed by atoms with van der Waals surface area (Å²) in [5.41, 5.74) is -2.29. The van der Waals surface area contributed by atoms with Crippen LogP contribution >= 0.6 is 0 Å². The van der Waals surface area contributed by atoms with Gasteiger partial charge in [-0.3, -0.25) is 14.4 Å². The van der Waals surface area contributed by atoms with Crippen molar-refractivity contribution in [1.82, 2.24) is 0 Å². The predicted octanol–water partition coefficient (Wildman–Crippen LogP) is 9.27. The van der Waals surface area contributed by atoms with E-state index in [-0.39, 0.29) is 89.5 Å². The number of rotatable bonds is 3. The van der Waals surface area contributed by atoms with Crippen LogP contribution in [0.4, 0.5) is 0 Å². The fourth-order valence-electron chi connectivity index (χ4n) is 1.67. The van der Waals surface area contributed by atoms with Crippen LogP contribution in [0.3, 0.4) is 0 Å². The number of carbonyl (C=O) groups is 3. The van der Waals surface area contributed by atoms with Gasteiger partial charge < -0.3 is 15.3 Å². The first kappa shape index (κ1) is 45.9.